The van der Waals surface area contributed by atoms with E-state index in [1.807, 2.05) is 6.92 Å². The molecule has 1 aliphatic rings. The Morgan fingerprint density at radius 3 is 2.53 bits per heavy atom. The quantitative estimate of drug-likeness (QED) is 0.292. The van der Waals surface area contributed by atoms with E-state index in [-0.39, 0.29) is 11.3 Å². The van der Waals surface area contributed by atoms with E-state index >= 15 is 0 Å². The average Bonchev–Trinajstić information content (AvgIpc) is 3.37. The first-order valence-corrected chi connectivity index (χ1v) is 11.0. The van der Waals surface area contributed by atoms with E-state index in [0.717, 1.165) is 6.42 Å². The van der Waals surface area contributed by atoms with Crippen LogP contribution in [0.1, 0.15) is 48.8 Å². The van der Waals surface area contributed by atoms with Gasteiger partial charge in [-0.3, -0.25) is 14.4 Å². The van der Waals surface area contributed by atoms with Crippen molar-refractivity contribution < 1.29 is 33.4 Å². The number of esters is 1. The van der Waals surface area contributed by atoms with Gasteiger partial charge in [0.05, 0.1) is 18.7 Å². The van der Waals surface area contributed by atoms with Gasteiger partial charge < -0.3 is 23.9 Å². The van der Waals surface area contributed by atoms with Gasteiger partial charge in [0.2, 0.25) is 5.78 Å². The maximum Gasteiger partial charge on any atom is 0.308 e. The van der Waals surface area contributed by atoms with Crippen LogP contribution in [-0.2, 0) is 9.59 Å². The highest BCUT2D eigenvalue weighted by molar-refractivity contribution is 6.16. The molecule has 8 nitrogen and oxygen atoms in total. The Labute approximate surface area is 196 Å². The zero-order valence-corrected chi connectivity index (χ0v) is 19.2. The third-order valence-corrected chi connectivity index (χ3v) is 5.71. The lowest BCUT2D eigenvalue weighted by Gasteiger charge is -2.26. The molecule has 2 aromatic carbocycles. The van der Waals surface area contributed by atoms with Crippen LogP contribution in [0.2, 0.25) is 0 Å². The Hall–Kier alpha value is -4.07. The topological polar surface area (TPSA) is 106 Å². The molecule has 1 unspecified atom stereocenters. The summed E-state index contributed by atoms with van der Waals surface area (Å²) in [5.41, 5.74) is 0.948. The zero-order chi connectivity index (χ0) is 24.4. The van der Waals surface area contributed by atoms with Gasteiger partial charge in [-0.2, -0.15) is 0 Å². The Balaban J connectivity index is 1.77. The number of carbonyl (C=O) groups excluding carboxylic acids is 3. The van der Waals surface area contributed by atoms with E-state index in [4.69, 9.17) is 13.9 Å². The molecule has 2 heterocycles. The summed E-state index contributed by atoms with van der Waals surface area (Å²) in [6, 6.07) is 12.5. The normalized spacial score (nSPS) is 15.8. The molecule has 0 aliphatic carbocycles. The molecule has 1 atom stereocenters. The summed E-state index contributed by atoms with van der Waals surface area (Å²) >= 11 is 0. The van der Waals surface area contributed by atoms with E-state index in [1.54, 1.807) is 48.5 Å². The number of rotatable bonds is 8. The minimum atomic E-state index is -0.812. The first-order valence-electron chi connectivity index (χ1n) is 11.0. The second-order valence-electron chi connectivity index (χ2n) is 8.00. The minimum Gasteiger partial charge on any atom is -0.503 e. The summed E-state index contributed by atoms with van der Waals surface area (Å²) in [6.45, 7) is 3.65. The number of ether oxygens (including phenoxy) is 2. The van der Waals surface area contributed by atoms with Gasteiger partial charge in [0.25, 0.3) is 5.91 Å². The number of aliphatic hydroxyl groups excluding tert-OH is 1. The van der Waals surface area contributed by atoms with Gasteiger partial charge in [0.15, 0.2) is 22.9 Å². The standard InChI is InChI=1S/C26H25NO7/c1-4-5-13-27-22(16-9-11-18(12-10-16)33-15(2)28)21(24(30)26(27)31)23(29)20-14-17-7-6-8-19(32-3)25(17)34-20/h6-12,14,22,30H,4-5,13H2,1-3H3. The van der Waals surface area contributed by atoms with Crippen LogP contribution in [0.5, 0.6) is 11.5 Å². The van der Waals surface area contributed by atoms with Gasteiger partial charge in [-0.15, -0.1) is 0 Å². The van der Waals surface area contributed by atoms with Crippen LogP contribution in [0.15, 0.2) is 64.3 Å². The van der Waals surface area contributed by atoms with Crippen LogP contribution in [-0.4, -0.2) is 41.3 Å². The predicted octanol–water partition coefficient (Wildman–Crippen LogP) is 4.75. The number of unbranched alkanes of at least 4 members (excludes halogenated alkanes) is 1. The Morgan fingerprint density at radius 1 is 1.15 bits per heavy atom. The molecule has 1 aliphatic heterocycles. The molecular weight excluding hydrogens is 438 g/mol. The van der Waals surface area contributed by atoms with Crippen molar-refractivity contribution in [1.82, 2.24) is 4.90 Å². The van der Waals surface area contributed by atoms with Crippen molar-refractivity contribution in [2.24, 2.45) is 0 Å². The molecule has 1 N–H and O–H groups in total. The number of hydrogen-bond acceptors (Lipinski definition) is 7. The van der Waals surface area contributed by atoms with Crippen molar-refractivity contribution in [3.05, 3.63) is 71.2 Å². The number of para-hydroxylation sites is 1. The summed E-state index contributed by atoms with van der Waals surface area (Å²) in [7, 11) is 1.50. The van der Waals surface area contributed by atoms with Gasteiger partial charge in [0, 0.05) is 18.9 Å². The second-order valence-corrected chi connectivity index (χ2v) is 8.00. The third-order valence-electron chi connectivity index (χ3n) is 5.71. The van der Waals surface area contributed by atoms with E-state index < -0.39 is 29.5 Å². The summed E-state index contributed by atoms with van der Waals surface area (Å²) in [4.78, 5) is 39.3. The molecule has 0 radical (unpaired) electrons. The first kappa shape index (κ1) is 23.1. The molecule has 0 saturated heterocycles. The molecule has 0 fully saturated rings. The molecule has 0 bridgehead atoms. The van der Waals surface area contributed by atoms with Gasteiger partial charge in [-0.05, 0) is 36.2 Å². The van der Waals surface area contributed by atoms with E-state index in [2.05, 4.69) is 0 Å². The van der Waals surface area contributed by atoms with Crippen LogP contribution in [0.3, 0.4) is 0 Å². The summed E-state index contributed by atoms with van der Waals surface area (Å²) in [6.07, 6.45) is 1.53. The average molecular weight is 463 g/mol. The molecule has 4 rings (SSSR count). The Kier molecular flexibility index (Phi) is 6.40. The van der Waals surface area contributed by atoms with Crippen LogP contribution in [0.4, 0.5) is 0 Å². The van der Waals surface area contributed by atoms with Crippen molar-refractivity contribution in [2.75, 3.05) is 13.7 Å². The fourth-order valence-corrected chi connectivity index (χ4v) is 4.12. The van der Waals surface area contributed by atoms with Crippen molar-refractivity contribution in [2.45, 2.75) is 32.7 Å². The highest BCUT2D eigenvalue weighted by atomic mass is 16.5. The number of methoxy groups -OCH3 is 1. The predicted molar refractivity (Wildman–Crippen MR) is 124 cm³/mol. The molecule has 1 amide bonds. The number of aliphatic hydroxyl groups is 1. The molecule has 176 valence electrons. The number of benzene rings is 2. The van der Waals surface area contributed by atoms with Gasteiger partial charge in [-0.1, -0.05) is 37.6 Å². The largest absolute Gasteiger partial charge is 0.503 e. The highest BCUT2D eigenvalue weighted by Crippen LogP contribution is 2.40. The van der Waals surface area contributed by atoms with Crippen LogP contribution in [0, 0.1) is 0 Å². The molecular formula is C26H25NO7. The molecule has 0 spiro atoms. The van der Waals surface area contributed by atoms with Crippen molar-refractivity contribution in [3.63, 3.8) is 0 Å². The van der Waals surface area contributed by atoms with Crippen LogP contribution < -0.4 is 9.47 Å². The zero-order valence-electron chi connectivity index (χ0n) is 19.2. The first-order chi connectivity index (χ1) is 16.3. The number of furan rings is 1. The molecule has 8 heteroatoms. The molecule has 1 aromatic heterocycles. The second kappa shape index (κ2) is 9.43. The third kappa shape index (κ3) is 4.14. The van der Waals surface area contributed by atoms with Crippen LogP contribution in [0.25, 0.3) is 11.0 Å². The Morgan fingerprint density at radius 2 is 1.88 bits per heavy atom. The van der Waals surface area contributed by atoms with Crippen LogP contribution >= 0.6 is 0 Å². The fraction of sp³-hybridized carbons (Fsp3) is 0.269. The van der Waals surface area contributed by atoms with E-state index in [1.165, 1.54) is 18.9 Å². The highest BCUT2D eigenvalue weighted by Gasteiger charge is 2.44. The number of hydrogen-bond donors (Lipinski definition) is 1. The monoisotopic (exact) mass is 463 g/mol. The lowest BCUT2D eigenvalue weighted by Crippen LogP contribution is -2.32. The molecule has 0 saturated carbocycles. The SMILES string of the molecule is CCCCN1C(=O)C(O)=C(C(=O)c2cc3cccc(OC)c3o2)C1c1ccc(OC(C)=O)cc1. The lowest BCUT2D eigenvalue weighted by molar-refractivity contribution is -0.132. The summed E-state index contributed by atoms with van der Waals surface area (Å²) in [5, 5.41) is 11.4. The number of nitrogens with zero attached hydrogens (tertiary/aromatic N) is 1. The Bertz CT molecular complexity index is 1290. The molecule has 3 aromatic rings. The van der Waals surface area contributed by atoms with E-state index in [9.17, 15) is 19.5 Å². The van der Waals surface area contributed by atoms with Gasteiger partial charge in [-0.25, -0.2) is 0 Å². The van der Waals surface area contributed by atoms with E-state index in [0.29, 0.717) is 41.0 Å². The smallest absolute Gasteiger partial charge is 0.308 e. The van der Waals surface area contributed by atoms with Gasteiger partial charge >= 0.3 is 5.97 Å². The lowest BCUT2D eigenvalue weighted by atomic mass is 9.95. The minimum absolute atomic E-state index is 0.00674. The fourth-order valence-electron chi connectivity index (χ4n) is 4.12. The maximum atomic E-state index is 13.6. The van der Waals surface area contributed by atoms with Crippen molar-refractivity contribution in [1.29, 1.82) is 0 Å². The van der Waals surface area contributed by atoms with Gasteiger partial charge in [0.1, 0.15) is 5.75 Å². The number of ketones is 1. The van der Waals surface area contributed by atoms with Crippen molar-refractivity contribution in [3.8, 4) is 11.5 Å². The summed E-state index contributed by atoms with van der Waals surface area (Å²) < 4.78 is 16.2. The summed E-state index contributed by atoms with van der Waals surface area (Å²) in [5.74, 6) is -1.44. The van der Waals surface area contributed by atoms with Crippen molar-refractivity contribution >= 4 is 28.6 Å². The number of amides is 1. The number of carbonyl (C=O) groups is 3. The number of Topliss-reactive ketones (excluding diaryl/α,β-unsaturated/α-hetero) is 1. The maximum absolute atomic E-state index is 13.6. The number of fused-ring (bicyclic) bond motifs is 1. The molecule has 34 heavy (non-hydrogen) atoms.